The topological polar surface area (TPSA) is 34.9 Å². The van der Waals surface area contributed by atoms with Crippen molar-refractivity contribution in [2.24, 2.45) is 5.41 Å². The van der Waals surface area contributed by atoms with E-state index in [0.29, 0.717) is 0 Å². The van der Waals surface area contributed by atoms with E-state index in [9.17, 15) is 4.79 Å². The van der Waals surface area contributed by atoms with Gasteiger partial charge in [-0.25, -0.2) is 4.98 Å². The molecule has 0 saturated heterocycles. The highest BCUT2D eigenvalue weighted by atomic mass is 79.9. The molecule has 0 spiro atoms. The van der Waals surface area contributed by atoms with Crippen LogP contribution in [0.5, 0.6) is 0 Å². The number of benzene rings is 1. The number of para-hydroxylation sites is 2. The highest BCUT2D eigenvalue weighted by Crippen LogP contribution is 2.38. The summed E-state index contributed by atoms with van der Waals surface area (Å²) in [6, 6.07) is 7.92. The van der Waals surface area contributed by atoms with E-state index >= 15 is 0 Å². The highest BCUT2D eigenvalue weighted by molar-refractivity contribution is 9.09. The van der Waals surface area contributed by atoms with E-state index in [1.54, 1.807) is 0 Å². The first-order chi connectivity index (χ1) is 10.2. The van der Waals surface area contributed by atoms with E-state index in [1.807, 2.05) is 28.8 Å². The fraction of sp³-hybridized carbons (Fsp3) is 0.529. The molecule has 1 aromatic carbocycles. The third-order valence-corrected chi connectivity index (χ3v) is 5.88. The molecule has 2 aromatic rings. The van der Waals surface area contributed by atoms with Crippen LogP contribution in [0.25, 0.3) is 11.0 Å². The van der Waals surface area contributed by atoms with Crippen molar-refractivity contribution in [3.05, 3.63) is 40.8 Å². The van der Waals surface area contributed by atoms with Crippen LogP contribution in [-0.4, -0.2) is 14.9 Å². The molecule has 1 fully saturated rings. The van der Waals surface area contributed by atoms with E-state index in [4.69, 9.17) is 0 Å². The van der Waals surface area contributed by atoms with Gasteiger partial charge in [0.05, 0.1) is 17.2 Å². The van der Waals surface area contributed by atoms with Gasteiger partial charge >= 0.3 is 0 Å². The summed E-state index contributed by atoms with van der Waals surface area (Å²) in [7, 11) is 0. The van der Waals surface area contributed by atoms with Crippen LogP contribution in [0, 0.1) is 5.41 Å². The first-order valence-corrected chi connectivity index (χ1v) is 8.87. The van der Waals surface area contributed by atoms with Crippen LogP contribution in [0.1, 0.15) is 38.5 Å². The fourth-order valence-electron chi connectivity index (χ4n) is 3.43. The molecule has 1 aliphatic carbocycles. The first kappa shape index (κ1) is 14.8. The molecule has 0 amide bonds. The minimum atomic E-state index is 0.0123. The summed E-state index contributed by atoms with van der Waals surface area (Å²) in [5, 5.41) is 0.961. The van der Waals surface area contributed by atoms with Crippen LogP contribution in [0.3, 0.4) is 0 Å². The molecule has 0 atom stereocenters. The maximum Gasteiger partial charge on any atom is 0.269 e. The van der Waals surface area contributed by atoms with Crippen LogP contribution in [0.15, 0.2) is 35.3 Å². The third-order valence-electron chi connectivity index (χ3n) is 4.69. The van der Waals surface area contributed by atoms with E-state index in [0.717, 1.165) is 22.9 Å². The molecule has 0 bridgehead atoms. The Morgan fingerprint density at radius 3 is 2.57 bits per heavy atom. The molecule has 1 aliphatic rings. The molecule has 112 valence electrons. The van der Waals surface area contributed by atoms with Crippen LogP contribution < -0.4 is 5.56 Å². The normalized spacial score (nSPS) is 18.5. The molecule has 0 aliphatic heterocycles. The van der Waals surface area contributed by atoms with Gasteiger partial charge in [0.25, 0.3) is 5.56 Å². The maximum absolute atomic E-state index is 12.3. The number of fused-ring (bicyclic) bond motifs is 1. The molecule has 1 heterocycles. The largest absolute Gasteiger partial charge is 0.305 e. The maximum atomic E-state index is 12.3. The molecule has 4 heteroatoms. The van der Waals surface area contributed by atoms with Gasteiger partial charge in [-0.2, -0.15) is 0 Å². The number of aromatic nitrogens is 2. The van der Waals surface area contributed by atoms with Gasteiger partial charge in [0.2, 0.25) is 0 Å². The zero-order valence-electron chi connectivity index (χ0n) is 12.2. The number of halogens is 1. The second-order valence-corrected chi connectivity index (χ2v) is 6.78. The summed E-state index contributed by atoms with van der Waals surface area (Å²) in [4.78, 5) is 16.6. The van der Waals surface area contributed by atoms with E-state index in [1.165, 1.54) is 44.7 Å². The second-order valence-electron chi connectivity index (χ2n) is 6.22. The molecule has 21 heavy (non-hydrogen) atoms. The lowest BCUT2D eigenvalue weighted by atomic mass is 9.82. The van der Waals surface area contributed by atoms with Crippen molar-refractivity contribution in [3.8, 4) is 0 Å². The fourth-order valence-corrected chi connectivity index (χ4v) is 4.16. The van der Waals surface area contributed by atoms with E-state index < -0.39 is 0 Å². The van der Waals surface area contributed by atoms with Gasteiger partial charge in [0.15, 0.2) is 0 Å². The monoisotopic (exact) mass is 348 g/mol. The van der Waals surface area contributed by atoms with Crippen LogP contribution in [-0.2, 0) is 6.54 Å². The Bertz CT molecular complexity index is 672. The molecular formula is C17H21BrN2O. The molecule has 3 nitrogen and oxygen atoms in total. The lowest BCUT2D eigenvalue weighted by Crippen LogP contribution is -2.33. The quantitative estimate of drug-likeness (QED) is 0.617. The number of hydrogen-bond donors (Lipinski definition) is 0. The van der Waals surface area contributed by atoms with Gasteiger partial charge in [-0.15, -0.1) is 0 Å². The van der Waals surface area contributed by atoms with Crippen molar-refractivity contribution in [3.63, 3.8) is 0 Å². The predicted octanol–water partition coefficient (Wildman–Crippen LogP) is 4.13. The summed E-state index contributed by atoms with van der Waals surface area (Å²) in [5.74, 6) is 0. The van der Waals surface area contributed by atoms with Crippen molar-refractivity contribution in [2.75, 3.05) is 5.33 Å². The van der Waals surface area contributed by atoms with Crippen molar-refractivity contribution in [1.82, 2.24) is 9.55 Å². The van der Waals surface area contributed by atoms with Gasteiger partial charge < -0.3 is 4.57 Å². The van der Waals surface area contributed by atoms with Gasteiger partial charge in [-0.3, -0.25) is 4.79 Å². The summed E-state index contributed by atoms with van der Waals surface area (Å²) >= 11 is 3.72. The smallest absolute Gasteiger partial charge is 0.269 e. The molecular weight excluding hydrogens is 328 g/mol. The lowest BCUT2D eigenvalue weighted by molar-refractivity contribution is 0.243. The molecule has 1 aromatic heterocycles. The predicted molar refractivity (Wildman–Crippen MR) is 89.9 cm³/mol. The SMILES string of the molecule is O=c1cnc2ccccc2n1CC1(CBr)CCCCCC1. The van der Waals surface area contributed by atoms with Crippen LogP contribution in [0.4, 0.5) is 0 Å². The third kappa shape index (κ3) is 3.05. The molecule has 0 N–H and O–H groups in total. The Kier molecular flexibility index (Phi) is 4.43. The zero-order chi connectivity index (χ0) is 14.7. The minimum absolute atomic E-state index is 0.0123. The molecule has 1 saturated carbocycles. The Morgan fingerprint density at radius 2 is 1.86 bits per heavy atom. The van der Waals surface area contributed by atoms with Crippen LogP contribution in [0.2, 0.25) is 0 Å². The average Bonchev–Trinajstić information content (AvgIpc) is 2.76. The Hall–Kier alpha value is -1.16. The summed E-state index contributed by atoms with van der Waals surface area (Å²) in [5.41, 5.74) is 2.06. The number of nitrogens with zero attached hydrogens (tertiary/aromatic N) is 2. The average molecular weight is 349 g/mol. The minimum Gasteiger partial charge on any atom is -0.305 e. The van der Waals surface area contributed by atoms with E-state index in [-0.39, 0.29) is 11.0 Å². The van der Waals surface area contributed by atoms with Crippen molar-refractivity contribution in [1.29, 1.82) is 0 Å². The first-order valence-electron chi connectivity index (χ1n) is 7.75. The van der Waals surface area contributed by atoms with Gasteiger partial charge in [0.1, 0.15) is 0 Å². The molecule has 3 rings (SSSR count). The highest BCUT2D eigenvalue weighted by Gasteiger charge is 2.31. The summed E-state index contributed by atoms with van der Waals surface area (Å²) in [6.07, 6.45) is 9.03. The number of hydrogen-bond acceptors (Lipinski definition) is 2. The van der Waals surface area contributed by atoms with Gasteiger partial charge in [-0.05, 0) is 30.4 Å². The molecule has 0 radical (unpaired) electrons. The van der Waals surface area contributed by atoms with E-state index in [2.05, 4.69) is 20.9 Å². The van der Waals surface area contributed by atoms with Gasteiger partial charge in [-0.1, -0.05) is 53.7 Å². The Morgan fingerprint density at radius 1 is 1.14 bits per heavy atom. The Balaban J connectivity index is 2.03. The summed E-state index contributed by atoms with van der Waals surface area (Å²) < 4.78 is 1.93. The van der Waals surface area contributed by atoms with Crippen molar-refractivity contribution in [2.45, 2.75) is 45.1 Å². The Labute approximate surface area is 133 Å². The standard InChI is InChI=1S/C17H21BrN2O/c18-12-17(9-5-1-2-6-10-17)13-20-15-8-4-3-7-14(15)19-11-16(20)21/h3-4,7-8,11H,1-2,5-6,9-10,12-13H2. The van der Waals surface area contributed by atoms with Gasteiger partial charge in [0, 0.05) is 11.9 Å². The lowest BCUT2D eigenvalue weighted by Gasteiger charge is -2.32. The van der Waals surface area contributed by atoms with Crippen LogP contribution >= 0.6 is 15.9 Å². The summed E-state index contributed by atoms with van der Waals surface area (Å²) in [6.45, 7) is 0.792. The number of rotatable bonds is 3. The van der Waals surface area contributed by atoms with Crippen molar-refractivity contribution < 1.29 is 0 Å². The number of alkyl halides is 1. The zero-order valence-corrected chi connectivity index (χ0v) is 13.8. The molecule has 0 unspecified atom stereocenters. The second kappa shape index (κ2) is 6.30. The van der Waals surface area contributed by atoms with Crippen molar-refractivity contribution >= 4 is 27.0 Å².